The zero-order chi connectivity index (χ0) is 30.3. The van der Waals surface area contributed by atoms with E-state index in [4.69, 9.17) is 24.1 Å². The van der Waals surface area contributed by atoms with Crippen LogP contribution in [0.1, 0.15) is 50.7 Å². The lowest BCUT2D eigenvalue weighted by Crippen LogP contribution is -2.47. The summed E-state index contributed by atoms with van der Waals surface area (Å²) in [5.41, 5.74) is 0.766. The lowest BCUT2D eigenvalue weighted by molar-refractivity contribution is -0.192. The fourth-order valence-corrected chi connectivity index (χ4v) is 4.01. The Hall–Kier alpha value is -3.51. The first kappa shape index (κ1) is 33.7. The molecule has 0 spiro atoms. The molecule has 2 aromatic carbocycles. The maximum absolute atomic E-state index is 12.7. The Morgan fingerprint density at radius 1 is 0.951 bits per heavy atom. The number of carbonyl (C=O) groups is 2. The van der Waals surface area contributed by atoms with Crippen LogP contribution in [-0.2, 0) is 9.59 Å². The highest BCUT2D eigenvalue weighted by Crippen LogP contribution is 2.23. The number of ether oxygens (including phenoxy) is 3. The van der Waals surface area contributed by atoms with E-state index in [2.05, 4.69) is 17.1 Å². The Labute approximate surface area is 238 Å². The summed E-state index contributed by atoms with van der Waals surface area (Å²) in [5.74, 6) is -0.670. The molecular formula is C29H39F3N2O7. The van der Waals surface area contributed by atoms with Crippen molar-refractivity contribution in [1.29, 1.82) is 0 Å². The van der Waals surface area contributed by atoms with Gasteiger partial charge in [-0.3, -0.25) is 4.79 Å². The number of carbonyl (C=O) groups excluding carboxylic acids is 1. The first-order valence-corrected chi connectivity index (χ1v) is 13.5. The lowest BCUT2D eigenvalue weighted by Gasteiger charge is -2.29. The Balaban J connectivity index is 0.000000745. The number of nitrogens with one attached hydrogen (secondary N) is 1. The molecule has 41 heavy (non-hydrogen) atoms. The zero-order valence-corrected chi connectivity index (χ0v) is 23.4. The molecule has 3 N–H and O–H groups in total. The molecule has 228 valence electrons. The number of hydrogen-bond acceptors (Lipinski definition) is 7. The fraction of sp³-hybridized carbons (Fsp3) is 0.517. The normalized spacial score (nSPS) is 14.8. The SMILES string of the molecule is CCCCOc1ccc([C@@H](O)[C@@H](CN2CCCC2)NC(=O)CCOc2ccc(OC)cc2)cc1.O=C(O)C(F)(F)F. The number of likely N-dealkylation sites (tertiary alicyclic amines) is 1. The molecule has 0 aliphatic carbocycles. The van der Waals surface area contributed by atoms with Crippen molar-refractivity contribution in [3.63, 3.8) is 0 Å². The van der Waals surface area contributed by atoms with Crippen molar-refractivity contribution in [3.05, 3.63) is 54.1 Å². The highest BCUT2D eigenvalue weighted by Gasteiger charge is 2.38. The Kier molecular flexibility index (Phi) is 14.2. The van der Waals surface area contributed by atoms with Crippen LogP contribution < -0.4 is 19.5 Å². The summed E-state index contributed by atoms with van der Waals surface area (Å²) < 4.78 is 48.3. The van der Waals surface area contributed by atoms with Crippen molar-refractivity contribution in [2.24, 2.45) is 0 Å². The number of aliphatic carboxylic acids is 1. The van der Waals surface area contributed by atoms with Gasteiger partial charge in [0, 0.05) is 6.54 Å². The molecule has 0 unspecified atom stereocenters. The van der Waals surface area contributed by atoms with Gasteiger partial charge >= 0.3 is 12.1 Å². The molecule has 0 saturated carbocycles. The van der Waals surface area contributed by atoms with Gasteiger partial charge in [0.2, 0.25) is 5.91 Å². The van der Waals surface area contributed by atoms with Crippen molar-refractivity contribution in [3.8, 4) is 17.2 Å². The third-order valence-corrected chi connectivity index (χ3v) is 6.27. The van der Waals surface area contributed by atoms with Crippen LogP contribution in [0.15, 0.2) is 48.5 Å². The molecule has 3 rings (SSSR count). The van der Waals surface area contributed by atoms with Crippen LogP contribution in [0.2, 0.25) is 0 Å². The van der Waals surface area contributed by atoms with Crippen LogP contribution in [0, 0.1) is 0 Å². The highest BCUT2D eigenvalue weighted by atomic mass is 19.4. The molecule has 1 aliphatic heterocycles. The second kappa shape index (κ2) is 17.3. The fourth-order valence-electron chi connectivity index (χ4n) is 4.01. The molecule has 1 amide bonds. The smallest absolute Gasteiger partial charge is 0.490 e. The quantitative estimate of drug-likeness (QED) is 0.276. The van der Waals surface area contributed by atoms with Gasteiger partial charge in [0.25, 0.3) is 0 Å². The summed E-state index contributed by atoms with van der Waals surface area (Å²) in [6, 6.07) is 14.4. The van der Waals surface area contributed by atoms with Gasteiger partial charge in [-0.1, -0.05) is 25.5 Å². The minimum absolute atomic E-state index is 0.142. The number of rotatable bonds is 14. The van der Waals surface area contributed by atoms with E-state index in [1.807, 2.05) is 48.5 Å². The predicted octanol–water partition coefficient (Wildman–Crippen LogP) is 4.59. The Morgan fingerprint density at radius 3 is 1.98 bits per heavy atom. The Morgan fingerprint density at radius 2 is 1.46 bits per heavy atom. The second-order valence-corrected chi connectivity index (χ2v) is 9.47. The number of nitrogens with zero attached hydrogens (tertiary/aromatic N) is 1. The number of hydrogen-bond donors (Lipinski definition) is 3. The monoisotopic (exact) mass is 584 g/mol. The van der Waals surface area contributed by atoms with Gasteiger partial charge in [0.05, 0.1) is 32.8 Å². The van der Waals surface area contributed by atoms with E-state index in [-0.39, 0.29) is 18.9 Å². The van der Waals surface area contributed by atoms with Crippen LogP contribution in [0.4, 0.5) is 13.2 Å². The van der Waals surface area contributed by atoms with Gasteiger partial charge in [0.15, 0.2) is 0 Å². The molecule has 0 bridgehead atoms. The number of benzene rings is 2. The van der Waals surface area contributed by atoms with Gasteiger partial charge in [0.1, 0.15) is 23.4 Å². The third kappa shape index (κ3) is 12.7. The first-order chi connectivity index (χ1) is 19.5. The van der Waals surface area contributed by atoms with Gasteiger partial charge in [-0.15, -0.1) is 0 Å². The van der Waals surface area contributed by atoms with Crippen molar-refractivity contribution < 1.29 is 47.2 Å². The highest BCUT2D eigenvalue weighted by molar-refractivity contribution is 5.76. The van der Waals surface area contributed by atoms with Crippen LogP contribution in [0.3, 0.4) is 0 Å². The molecule has 9 nitrogen and oxygen atoms in total. The van der Waals surface area contributed by atoms with E-state index in [1.165, 1.54) is 0 Å². The van der Waals surface area contributed by atoms with E-state index in [9.17, 15) is 23.1 Å². The van der Waals surface area contributed by atoms with Gasteiger partial charge in [-0.2, -0.15) is 13.2 Å². The van der Waals surface area contributed by atoms with Gasteiger partial charge in [-0.05, 0) is 74.3 Å². The lowest BCUT2D eigenvalue weighted by atomic mass is 10.0. The number of unbranched alkanes of at least 4 members (excludes halogenated alkanes) is 1. The van der Waals surface area contributed by atoms with Crippen molar-refractivity contribution in [1.82, 2.24) is 10.2 Å². The van der Waals surface area contributed by atoms with Crippen LogP contribution in [0.5, 0.6) is 17.2 Å². The number of amides is 1. The number of aliphatic hydroxyl groups is 1. The summed E-state index contributed by atoms with van der Waals surface area (Å²) in [7, 11) is 1.61. The predicted molar refractivity (Wildman–Crippen MR) is 146 cm³/mol. The molecule has 2 atom stereocenters. The molecule has 1 aliphatic rings. The number of aliphatic hydroxyl groups excluding tert-OH is 1. The first-order valence-electron chi connectivity index (χ1n) is 13.5. The van der Waals surface area contributed by atoms with Crippen LogP contribution >= 0.6 is 0 Å². The summed E-state index contributed by atoms with van der Waals surface area (Å²) in [4.78, 5) is 23.9. The third-order valence-electron chi connectivity index (χ3n) is 6.27. The summed E-state index contributed by atoms with van der Waals surface area (Å²) in [5, 5.41) is 21.3. The van der Waals surface area contributed by atoms with E-state index in [0.29, 0.717) is 18.9 Å². The number of methoxy groups -OCH3 is 1. The molecule has 2 aromatic rings. The minimum atomic E-state index is -5.08. The average Bonchev–Trinajstić information content (AvgIpc) is 3.46. The molecule has 0 radical (unpaired) electrons. The van der Waals surface area contributed by atoms with E-state index >= 15 is 0 Å². The zero-order valence-electron chi connectivity index (χ0n) is 23.4. The largest absolute Gasteiger partial charge is 0.497 e. The average molecular weight is 585 g/mol. The maximum atomic E-state index is 12.7. The molecule has 0 aromatic heterocycles. The number of carboxylic acids is 1. The summed E-state index contributed by atoms with van der Waals surface area (Å²) in [6.45, 7) is 5.66. The standard InChI is InChI=1S/C27H38N2O5.C2HF3O2/c1-3-4-18-33-23-9-7-21(8-10-23)27(31)25(20-29-16-5-6-17-29)28-26(30)15-19-34-24-13-11-22(32-2)12-14-24;3-2(4,5)1(6)7/h7-14,25,27,31H,3-6,15-20H2,1-2H3,(H,28,30);(H,6,7)/t25-,27-;/m1./s1. The minimum Gasteiger partial charge on any atom is -0.497 e. The van der Waals surface area contributed by atoms with Crippen LogP contribution in [0.25, 0.3) is 0 Å². The molecular weight excluding hydrogens is 545 g/mol. The van der Waals surface area contributed by atoms with E-state index in [0.717, 1.165) is 55.8 Å². The maximum Gasteiger partial charge on any atom is 0.490 e. The number of carboxylic acid groups (broad SMARTS) is 1. The molecule has 1 fully saturated rings. The van der Waals surface area contributed by atoms with Crippen LogP contribution in [-0.4, -0.2) is 79.2 Å². The number of halogens is 3. The second-order valence-electron chi connectivity index (χ2n) is 9.47. The Bertz CT molecular complexity index is 1040. The van der Waals surface area contributed by atoms with Gasteiger partial charge in [-0.25, -0.2) is 4.79 Å². The summed E-state index contributed by atoms with van der Waals surface area (Å²) >= 11 is 0. The topological polar surface area (TPSA) is 118 Å². The van der Waals surface area contributed by atoms with E-state index < -0.39 is 24.3 Å². The summed E-state index contributed by atoms with van der Waals surface area (Å²) in [6.07, 6.45) is -1.29. The molecule has 1 heterocycles. The van der Waals surface area contributed by atoms with Gasteiger partial charge < -0.3 is 34.6 Å². The molecule has 12 heteroatoms. The van der Waals surface area contributed by atoms with E-state index in [1.54, 1.807) is 7.11 Å². The molecule has 1 saturated heterocycles. The van der Waals surface area contributed by atoms with Crippen molar-refractivity contribution >= 4 is 11.9 Å². The van der Waals surface area contributed by atoms with Crippen molar-refractivity contribution in [2.45, 2.75) is 57.3 Å². The van der Waals surface area contributed by atoms with Crippen molar-refractivity contribution in [2.75, 3.05) is 40.0 Å². The number of alkyl halides is 3.